The molecule has 0 atom stereocenters. The van der Waals surface area contributed by atoms with Crippen molar-refractivity contribution in [2.45, 2.75) is 6.18 Å². The predicted octanol–water partition coefficient (Wildman–Crippen LogP) is 4.56. The van der Waals surface area contributed by atoms with Crippen LogP contribution in [-0.4, -0.2) is 4.98 Å². The van der Waals surface area contributed by atoms with E-state index in [4.69, 9.17) is 11.6 Å². The maximum Gasteiger partial charge on any atom is 0.433 e. The van der Waals surface area contributed by atoms with Crippen LogP contribution in [0, 0.1) is 5.82 Å². The highest BCUT2D eigenvalue weighted by atomic mass is 35.5. The number of pyridine rings is 1. The molecule has 0 aliphatic carbocycles. The number of benzene rings is 1. The van der Waals surface area contributed by atoms with Crippen LogP contribution < -0.4 is 0 Å². The Balaban J connectivity index is 2.53. The zero-order valence-corrected chi connectivity index (χ0v) is 9.56. The molecule has 1 nitrogen and oxygen atoms in total. The Kier molecular flexibility index (Phi) is 3.26. The molecule has 0 bridgehead atoms. The van der Waals surface area contributed by atoms with E-state index in [1.807, 2.05) is 0 Å². The molecular weight excluding hydrogens is 270 g/mol. The summed E-state index contributed by atoms with van der Waals surface area (Å²) in [6, 6.07) is 6.83. The van der Waals surface area contributed by atoms with E-state index in [0.29, 0.717) is 5.56 Å². The van der Waals surface area contributed by atoms with E-state index in [1.165, 1.54) is 12.1 Å². The molecule has 0 unspecified atom stereocenters. The minimum absolute atomic E-state index is 0.0218. The highest BCUT2D eigenvalue weighted by Crippen LogP contribution is 2.32. The van der Waals surface area contributed by atoms with Gasteiger partial charge in [-0.05, 0) is 36.4 Å². The molecule has 0 saturated heterocycles. The fraction of sp³-hybridized carbons (Fsp3) is 0.0833. The molecular formula is C12H6ClF4N. The third-order valence-electron chi connectivity index (χ3n) is 2.25. The molecule has 6 heteroatoms. The van der Waals surface area contributed by atoms with Gasteiger partial charge in [-0.15, -0.1) is 0 Å². The molecule has 1 heterocycles. The van der Waals surface area contributed by atoms with Crippen LogP contribution in [0.25, 0.3) is 11.3 Å². The molecule has 0 saturated carbocycles. The molecule has 0 aliphatic heterocycles. The van der Waals surface area contributed by atoms with E-state index in [0.717, 1.165) is 24.3 Å². The smallest absolute Gasteiger partial charge is 0.242 e. The second-order valence-electron chi connectivity index (χ2n) is 3.53. The van der Waals surface area contributed by atoms with Crippen molar-refractivity contribution in [3.63, 3.8) is 0 Å². The van der Waals surface area contributed by atoms with Crippen LogP contribution in [0.2, 0.25) is 5.02 Å². The molecule has 94 valence electrons. The first-order valence-corrected chi connectivity index (χ1v) is 5.25. The van der Waals surface area contributed by atoms with Crippen molar-refractivity contribution in [1.29, 1.82) is 0 Å². The molecule has 1 aromatic carbocycles. The zero-order valence-electron chi connectivity index (χ0n) is 8.80. The first-order valence-electron chi connectivity index (χ1n) is 4.87. The second-order valence-corrected chi connectivity index (χ2v) is 3.94. The topological polar surface area (TPSA) is 12.9 Å². The van der Waals surface area contributed by atoms with E-state index in [2.05, 4.69) is 4.98 Å². The molecule has 0 N–H and O–H groups in total. The molecule has 2 rings (SSSR count). The summed E-state index contributed by atoms with van der Waals surface area (Å²) in [5.41, 5.74) is -0.731. The van der Waals surface area contributed by atoms with Crippen molar-refractivity contribution in [2.24, 2.45) is 0 Å². The lowest BCUT2D eigenvalue weighted by Crippen LogP contribution is -2.08. The van der Waals surface area contributed by atoms with E-state index in [1.54, 1.807) is 0 Å². The maximum absolute atomic E-state index is 12.7. The minimum atomic E-state index is -4.54. The Labute approximate surface area is 105 Å². The van der Waals surface area contributed by atoms with E-state index < -0.39 is 17.7 Å². The maximum atomic E-state index is 12.7. The SMILES string of the molecule is Fc1ccc(-c2nc(C(F)(F)F)ccc2Cl)cc1. The molecule has 0 fully saturated rings. The lowest BCUT2D eigenvalue weighted by Gasteiger charge is -2.09. The predicted molar refractivity (Wildman–Crippen MR) is 59.6 cm³/mol. The van der Waals surface area contributed by atoms with Crippen LogP contribution in [-0.2, 0) is 6.18 Å². The first-order chi connectivity index (χ1) is 8.38. The van der Waals surface area contributed by atoms with Crippen LogP contribution in [0.15, 0.2) is 36.4 Å². The standard InChI is InChI=1S/C12H6ClF4N/c13-9-5-6-10(12(15,16)17)18-11(9)7-1-3-8(14)4-2-7/h1-6H. The largest absolute Gasteiger partial charge is 0.433 e. The quantitative estimate of drug-likeness (QED) is 0.695. The number of alkyl halides is 3. The number of halogens is 5. The third-order valence-corrected chi connectivity index (χ3v) is 2.56. The van der Waals surface area contributed by atoms with E-state index in [9.17, 15) is 17.6 Å². The average Bonchev–Trinajstić information content (AvgIpc) is 2.29. The summed E-state index contributed by atoms with van der Waals surface area (Å²) in [7, 11) is 0. The van der Waals surface area contributed by atoms with Crippen LogP contribution in [0.4, 0.5) is 17.6 Å². The van der Waals surface area contributed by atoms with E-state index >= 15 is 0 Å². The molecule has 0 aliphatic rings. The summed E-state index contributed by atoms with van der Waals surface area (Å²) >= 11 is 5.80. The van der Waals surface area contributed by atoms with Gasteiger partial charge < -0.3 is 0 Å². The molecule has 18 heavy (non-hydrogen) atoms. The summed E-state index contributed by atoms with van der Waals surface area (Å²) in [5.74, 6) is -0.484. The molecule has 1 aromatic heterocycles. The third kappa shape index (κ3) is 2.61. The number of aromatic nitrogens is 1. The lowest BCUT2D eigenvalue weighted by atomic mass is 10.1. The van der Waals surface area contributed by atoms with Gasteiger partial charge in [0, 0.05) is 5.56 Å². The molecule has 0 amide bonds. The summed E-state index contributed by atoms with van der Waals surface area (Å²) in [6.45, 7) is 0. The van der Waals surface area contributed by atoms with Gasteiger partial charge in [-0.3, -0.25) is 0 Å². The fourth-order valence-electron chi connectivity index (χ4n) is 1.41. The van der Waals surface area contributed by atoms with Crippen LogP contribution in [0.1, 0.15) is 5.69 Å². The summed E-state index contributed by atoms with van der Waals surface area (Å²) in [6.07, 6.45) is -4.54. The Morgan fingerprint density at radius 2 is 1.56 bits per heavy atom. The van der Waals surface area contributed by atoms with Gasteiger partial charge in [-0.2, -0.15) is 13.2 Å². The van der Waals surface area contributed by atoms with Crippen molar-refractivity contribution in [3.05, 3.63) is 52.9 Å². The highest BCUT2D eigenvalue weighted by molar-refractivity contribution is 6.33. The van der Waals surface area contributed by atoms with Crippen LogP contribution in [0.5, 0.6) is 0 Å². The first kappa shape index (κ1) is 12.8. The van der Waals surface area contributed by atoms with Gasteiger partial charge in [-0.25, -0.2) is 9.37 Å². The summed E-state index contributed by atoms with van der Waals surface area (Å²) in [5, 5.41) is 0.0783. The minimum Gasteiger partial charge on any atom is -0.242 e. The van der Waals surface area contributed by atoms with Gasteiger partial charge >= 0.3 is 6.18 Å². The van der Waals surface area contributed by atoms with Crippen molar-refractivity contribution in [1.82, 2.24) is 4.98 Å². The molecule has 0 radical (unpaired) electrons. The normalized spacial score (nSPS) is 11.6. The van der Waals surface area contributed by atoms with Crippen molar-refractivity contribution in [3.8, 4) is 11.3 Å². The van der Waals surface area contributed by atoms with Crippen molar-refractivity contribution >= 4 is 11.6 Å². The summed E-state index contributed by atoms with van der Waals surface area (Å²) in [4.78, 5) is 3.46. The molecule has 2 aromatic rings. The Bertz CT molecular complexity index is 563. The average molecular weight is 276 g/mol. The lowest BCUT2D eigenvalue weighted by molar-refractivity contribution is -0.141. The van der Waals surface area contributed by atoms with Crippen molar-refractivity contribution < 1.29 is 17.6 Å². The highest BCUT2D eigenvalue weighted by Gasteiger charge is 2.33. The van der Waals surface area contributed by atoms with Gasteiger partial charge in [0.25, 0.3) is 0 Å². The van der Waals surface area contributed by atoms with E-state index in [-0.39, 0.29) is 10.7 Å². The zero-order chi connectivity index (χ0) is 13.3. The Morgan fingerprint density at radius 3 is 2.11 bits per heavy atom. The number of hydrogen-bond donors (Lipinski definition) is 0. The number of nitrogens with zero attached hydrogens (tertiary/aromatic N) is 1. The van der Waals surface area contributed by atoms with Gasteiger partial charge in [0.05, 0.1) is 10.7 Å². The summed E-state index contributed by atoms with van der Waals surface area (Å²) < 4.78 is 50.3. The van der Waals surface area contributed by atoms with Crippen molar-refractivity contribution in [2.75, 3.05) is 0 Å². The van der Waals surface area contributed by atoms with Gasteiger partial charge in [0.15, 0.2) is 0 Å². The molecule has 0 spiro atoms. The Hall–Kier alpha value is -1.62. The monoisotopic (exact) mass is 275 g/mol. The van der Waals surface area contributed by atoms with Crippen LogP contribution in [0.3, 0.4) is 0 Å². The van der Waals surface area contributed by atoms with Crippen LogP contribution >= 0.6 is 11.6 Å². The number of rotatable bonds is 1. The van der Waals surface area contributed by atoms with Gasteiger partial charge in [-0.1, -0.05) is 11.6 Å². The number of hydrogen-bond acceptors (Lipinski definition) is 1. The van der Waals surface area contributed by atoms with Gasteiger partial charge in [0.1, 0.15) is 11.5 Å². The Morgan fingerprint density at radius 1 is 0.944 bits per heavy atom. The van der Waals surface area contributed by atoms with Gasteiger partial charge in [0.2, 0.25) is 0 Å². The fourth-order valence-corrected chi connectivity index (χ4v) is 1.62. The second kappa shape index (κ2) is 4.57.